The van der Waals surface area contributed by atoms with Crippen molar-refractivity contribution in [1.82, 2.24) is 0 Å². The van der Waals surface area contributed by atoms with Crippen LogP contribution in [-0.4, -0.2) is 0 Å². The van der Waals surface area contributed by atoms with E-state index in [2.05, 4.69) is 44.9 Å². The van der Waals surface area contributed by atoms with E-state index in [0.717, 1.165) is 11.1 Å². The SMILES string of the molecule is C=CC(/C=C\C(C)=C/C)C(=C)/C=C(/Cl)C(=C)C.CC. The van der Waals surface area contributed by atoms with Crippen molar-refractivity contribution in [2.75, 3.05) is 0 Å². The van der Waals surface area contributed by atoms with Crippen molar-refractivity contribution in [3.63, 3.8) is 0 Å². The van der Waals surface area contributed by atoms with Crippen molar-refractivity contribution >= 4 is 11.6 Å². The van der Waals surface area contributed by atoms with Crippen LogP contribution < -0.4 is 0 Å². The first-order valence-electron chi connectivity index (χ1n) is 6.58. The third-order valence-electron chi connectivity index (χ3n) is 2.42. The first-order chi connectivity index (χ1) is 8.92. The Morgan fingerprint density at radius 1 is 1.16 bits per heavy atom. The van der Waals surface area contributed by atoms with E-state index in [1.165, 1.54) is 5.57 Å². The number of allylic oxidation sites excluding steroid dienone is 9. The highest BCUT2D eigenvalue weighted by molar-refractivity contribution is 6.32. The van der Waals surface area contributed by atoms with Gasteiger partial charge < -0.3 is 0 Å². The molecule has 19 heavy (non-hydrogen) atoms. The highest BCUT2D eigenvalue weighted by Crippen LogP contribution is 2.20. The highest BCUT2D eigenvalue weighted by Gasteiger charge is 2.03. The Bertz CT molecular complexity index is 392. The molecule has 1 unspecified atom stereocenters. The summed E-state index contributed by atoms with van der Waals surface area (Å²) in [5, 5.41) is 0.637. The molecule has 106 valence electrons. The molecule has 0 nitrogen and oxygen atoms in total. The van der Waals surface area contributed by atoms with Crippen LogP contribution in [0, 0.1) is 5.92 Å². The predicted molar refractivity (Wildman–Crippen MR) is 91.5 cm³/mol. The molecular weight excluding hydrogens is 252 g/mol. The lowest BCUT2D eigenvalue weighted by atomic mass is 9.98. The van der Waals surface area contributed by atoms with E-state index in [0.29, 0.717) is 5.03 Å². The molecular formula is C18H27Cl. The summed E-state index contributed by atoms with van der Waals surface area (Å²) in [4.78, 5) is 0. The molecule has 0 spiro atoms. The summed E-state index contributed by atoms with van der Waals surface area (Å²) in [5.74, 6) is 0.0954. The molecule has 0 radical (unpaired) electrons. The molecule has 0 amide bonds. The second-order valence-corrected chi connectivity index (χ2v) is 4.41. The monoisotopic (exact) mass is 278 g/mol. The van der Waals surface area contributed by atoms with Crippen LogP contribution in [0.15, 0.2) is 71.9 Å². The van der Waals surface area contributed by atoms with Crippen LogP contribution >= 0.6 is 11.6 Å². The van der Waals surface area contributed by atoms with E-state index >= 15 is 0 Å². The molecule has 0 aromatic rings. The smallest absolute Gasteiger partial charge is 0.0432 e. The standard InChI is InChI=1S/C16H21Cl.C2H6/c1-7-13(5)9-10-15(8-2)14(6)11-16(17)12(3)4;1-2/h7-11,15H,2-3,6H2,1,4-5H3;1-2H3/b10-9-,13-7-,16-11+;. The summed E-state index contributed by atoms with van der Waals surface area (Å²) in [6.45, 7) is 21.5. The number of rotatable bonds is 6. The van der Waals surface area contributed by atoms with Gasteiger partial charge in [-0.15, -0.1) is 6.58 Å². The van der Waals surface area contributed by atoms with E-state index < -0.39 is 0 Å². The Balaban J connectivity index is 0. The first-order valence-corrected chi connectivity index (χ1v) is 6.95. The van der Waals surface area contributed by atoms with E-state index in [-0.39, 0.29) is 5.92 Å². The molecule has 0 aromatic carbocycles. The van der Waals surface area contributed by atoms with Crippen LogP contribution in [-0.2, 0) is 0 Å². The maximum atomic E-state index is 6.03. The molecule has 0 bridgehead atoms. The van der Waals surface area contributed by atoms with E-state index in [4.69, 9.17) is 11.6 Å². The molecule has 0 saturated carbocycles. The van der Waals surface area contributed by atoms with Crippen LogP contribution in [0.2, 0.25) is 0 Å². The number of hydrogen-bond donors (Lipinski definition) is 0. The maximum absolute atomic E-state index is 6.03. The second kappa shape index (κ2) is 11.8. The fourth-order valence-corrected chi connectivity index (χ4v) is 1.23. The molecule has 0 aliphatic rings. The van der Waals surface area contributed by atoms with Crippen LogP contribution in [0.25, 0.3) is 0 Å². The van der Waals surface area contributed by atoms with Crippen LogP contribution in [0.5, 0.6) is 0 Å². The van der Waals surface area contributed by atoms with Gasteiger partial charge in [-0.3, -0.25) is 0 Å². The third-order valence-corrected chi connectivity index (χ3v) is 2.86. The fraction of sp³-hybridized carbons (Fsp3) is 0.333. The fourth-order valence-electron chi connectivity index (χ4n) is 1.09. The van der Waals surface area contributed by atoms with Crippen molar-refractivity contribution in [1.29, 1.82) is 0 Å². The minimum absolute atomic E-state index is 0.0954. The summed E-state index contributed by atoms with van der Waals surface area (Å²) < 4.78 is 0. The third kappa shape index (κ3) is 9.32. The van der Waals surface area contributed by atoms with E-state index in [1.807, 2.05) is 39.8 Å². The Morgan fingerprint density at radius 2 is 1.68 bits per heavy atom. The Hall–Kier alpha value is -1.27. The summed E-state index contributed by atoms with van der Waals surface area (Å²) in [7, 11) is 0. The molecule has 1 atom stereocenters. The van der Waals surface area contributed by atoms with Crippen LogP contribution in [0.3, 0.4) is 0 Å². The van der Waals surface area contributed by atoms with E-state index in [9.17, 15) is 0 Å². The molecule has 1 heteroatoms. The van der Waals surface area contributed by atoms with Crippen LogP contribution in [0.1, 0.15) is 34.6 Å². The van der Waals surface area contributed by atoms with Gasteiger partial charge >= 0.3 is 0 Å². The van der Waals surface area contributed by atoms with Crippen molar-refractivity contribution < 1.29 is 0 Å². The van der Waals surface area contributed by atoms with Crippen molar-refractivity contribution in [3.8, 4) is 0 Å². The summed E-state index contributed by atoms with van der Waals surface area (Å²) >= 11 is 6.03. The normalized spacial score (nSPS) is 13.6. The van der Waals surface area contributed by atoms with Gasteiger partial charge in [-0.25, -0.2) is 0 Å². The lowest BCUT2D eigenvalue weighted by molar-refractivity contribution is 1.01. The minimum Gasteiger partial charge on any atom is -0.102 e. The van der Waals surface area contributed by atoms with Gasteiger partial charge in [0, 0.05) is 11.0 Å². The molecule has 0 heterocycles. The largest absolute Gasteiger partial charge is 0.102 e. The lowest BCUT2D eigenvalue weighted by Crippen LogP contribution is -1.94. The number of halogens is 1. The average Bonchev–Trinajstić information content (AvgIpc) is 2.41. The molecule has 0 rings (SSSR count). The van der Waals surface area contributed by atoms with Crippen molar-refractivity contribution in [2.24, 2.45) is 5.92 Å². The molecule has 0 aromatic heterocycles. The summed E-state index contributed by atoms with van der Waals surface area (Å²) in [6.07, 6.45) is 9.85. The molecule has 0 aliphatic carbocycles. The lowest BCUT2D eigenvalue weighted by Gasteiger charge is -2.08. The quantitative estimate of drug-likeness (QED) is 0.380. The van der Waals surface area contributed by atoms with Crippen molar-refractivity contribution in [3.05, 3.63) is 71.9 Å². The van der Waals surface area contributed by atoms with Gasteiger partial charge in [0.15, 0.2) is 0 Å². The highest BCUT2D eigenvalue weighted by atomic mass is 35.5. The van der Waals surface area contributed by atoms with Gasteiger partial charge in [0.05, 0.1) is 0 Å². The maximum Gasteiger partial charge on any atom is 0.0432 e. The Kier molecular flexibility index (Phi) is 12.5. The number of hydrogen-bond acceptors (Lipinski definition) is 0. The zero-order valence-electron chi connectivity index (χ0n) is 13.0. The Labute approximate surface area is 124 Å². The van der Waals surface area contributed by atoms with E-state index in [1.54, 1.807) is 0 Å². The van der Waals surface area contributed by atoms with Gasteiger partial charge in [-0.1, -0.05) is 68.5 Å². The van der Waals surface area contributed by atoms with Crippen LogP contribution in [0.4, 0.5) is 0 Å². The topological polar surface area (TPSA) is 0 Å². The van der Waals surface area contributed by atoms with Crippen molar-refractivity contribution in [2.45, 2.75) is 34.6 Å². The average molecular weight is 279 g/mol. The summed E-state index contributed by atoms with van der Waals surface area (Å²) in [6, 6.07) is 0. The molecule has 0 fully saturated rings. The van der Waals surface area contributed by atoms with Gasteiger partial charge in [-0.05, 0) is 38.0 Å². The zero-order valence-corrected chi connectivity index (χ0v) is 13.7. The first kappa shape index (κ1) is 20.1. The minimum atomic E-state index is 0.0954. The van der Waals surface area contributed by atoms with Gasteiger partial charge in [0.2, 0.25) is 0 Å². The zero-order chi connectivity index (χ0) is 15.4. The molecule has 0 N–H and O–H groups in total. The Morgan fingerprint density at radius 3 is 2.05 bits per heavy atom. The van der Waals surface area contributed by atoms with Gasteiger partial charge in [0.1, 0.15) is 0 Å². The molecule has 0 saturated heterocycles. The van der Waals surface area contributed by atoms with Gasteiger partial charge in [0.25, 0.3) is 0 Å². The summed E-state index contributed by atoms with van der Waals surface area (Å²) in [5.41, 5.74) is 2.96. The molecule has 0 aliphatic heterocycles. The predicted octanol–water partition coefficient (Wildman–Crippen LogP) is 6.59. The second-order valence-electron chi connectivity index (χ2n) is 4.00. The van der Waals surface area contributed by atoms with Gasteiger partial charge in [-0.2, -0.15) is 0 Å².